The molecule has 102 valence electrons. The topological polar surface area (TPSA) is 57.4 Å². The van der Waals surface area contributed by atoms with E-state index in [1.807, 2.05) is 24.4 Å². The van der Waals surface area contributed by atoms with Crippen molar-refractivity contribution in [3.63, 3.8) is 0 Å². The fraction of sp³-hybridized carbons (Fsp3) is 0.357. The second kappa shape index (κ2) is 6.54. The Labute approximate surface area is 117 Å². The zero-order chi connectivity index (χ0) is 13.7. The number of thiazole rings is 1. The van der Waals surface area contributed by atoms with Crippen molar-refractivity contribution < 1.29 is 9.47 Å². The molecule has 1 aromatic carbocycles. The van der Waals surface area contributed by atoms with E-state index in [-0.39, 0.29) is 0 Å². The molecule has 2 aromatic rings. The van der Waals surface area contributed by atoms with Crippen LogP contribution in [0.1, 0.15) is 18.2 Å². The van der Waals surface area contributed by atoms with Gasteiger partial charge in [-0.3, -0.25) is 0 Å². The Morgan fingerprint density at radius 3 is 2.79 bits per heavy atom. The number of ether oxygens (including phenoxy) is 2. The lowest BCUT2D eigenvalue weighted by molar-refractivity contribution is 0.294. The van der Waals surface area contributed by atoms with Crippen molar-refractivity contribution in [2.75, 3.05) is 13.7 Å². The summed E-state index contributed by atoms with van der Waals surface area (Å²) in [6, 6.07) is 5.87. The number of methoxy groups -OCH3 is 1. The van der Waals surface area contributed by atoms with Crippen molar-refractivity contribution in [1.82, 2.24) is 4.98 Å². The molecule has 0 unspecified atom stereocenters. The summed E-state index contributed by atoms with van der Waals surface area (Å²) < 4.78 is 11.0. The molecule has 0 spiro atoms. The maximum atomic E-state index is 5.63. The molecule has 0 saturated carbocycles. The molecule has 0 aliphatic rings. The number of aromatic nitrogens is 1. The van der Waals surface area contributed by atoms with Gasteiger partial charge in [0.1, 0.15) is 5.01 Å². The van der Waals surface area contributed by atoms with Crippen LogP contribution in [0.2, 0.25) is 0 Å². The Hall–Kier alpha value is -1.59. The third kappa shape index (κ3) is 3.24. The van der Waals surface area contributed by atoms with Gasteiger partial charge in [-0.1, -0.05) is 6.92 Å². The predicted octanol–water partition coefficient (Wildman–Crippen LogP) is 3.07. The van der Waals surface area contributed by atoms with Crippen molar-refractivity contribution >= 4 is 11.3 Å². The first-order valence-electron chi connectivity index (χ1n) is 6.24. The van der Waals surface area contributed by atoms with E-state index in [1.54, 1.807) is 18.4 Å². The monoisotopic (exact) mass is 278 g/mol. The average Bonchev–Trinajstić information content (AvgIpc) is 2.93. The summed E-state index contributed by atoms with van der Waals surface area (Å²) in [6.45, 7) is 3.28. The van der Waals surface area contributed by atoms with Crippen LogP contribution in [-0.4, -0.2) is 18.7 Å². The molecule has 1 aromatic heterocycles. The third-order valence-corrected chi connectivity index (χ3v) is 3.70. The molecule has 0 bridgehead atoms. The van der Waals surface area contributed by atoms with Gasteiger partial charge in [0.25, 0.3) is 0 Å². The molecule has 19 heavy (non-hydrogen) atoms. The Balaban J connectivity index is 2.27. The number of nitrogens with zero attached hydrogens (tertiary/aromatic N) is 1. The molecule has 4 nitrogen and oxygen atoms in total. The van der Waals surface area contributed by atoms with E-state index in [1.165, 1.54) is 0 Å². The first-order valence-corrected chi connectivity index (χ1v) is 7.06. The van der Waals surface area contributed by atoms with E-state index in [4.69, 9.17) is 15.2 Å². The summed E-state index contributed by atoms with van der Waals surface area (Å²) in [6.07, 6.45) is 2.78. The highest BCUT2D eigenvalue weighted by Gasteiger charge is 2.09. The lowest BCUT2D eigenvalue weighted by Crippen LogP contribution is -1.97. The van der Waals surface area contributed by atoms with Gasteiger partial charge in [-0.2, -0.15) is 0 Å². The summed E-state index contributed by atoms with van der Waals surface area (Å²) in [5, 5.41) is 0.945. The Bertz CT molecular complexity index is 540. The van der Waals surface area contributed by atoms with Gasteiger partial charge in [-0.25, -0.2) is 4.98 Å². The maximum absolute atomic E-state index is 5.63. The SMILES string of the molecule is CCCOc1ccc(-c2ncc(CN)s2)cc1OC. The summed E-state index contributed by atoms with van der Waals surface area (Å²) in [5.41, 5.74) is 6.62. The molecule has 0 aliphatic carbocycles. The quantitative estimate of drug-likeness (QED) is 0.882. The first-order chi connectivity index (χ1) is 9.28. The van der Waals surface area contributed by atoms with Crippen LogP contribution >= 0.6 is 11.3 Å². The Kier molecular flexibility index (Phi) is 4.76. The molecule has 0 aliphatic heterocycles. The zero-order valence-electron chi connectivity index (χ0n) is 11.2. The van der Waals surface area contributed by atoms with E-state index in [2.05, 4.69) is 11.9 Å². The lowest BCUT2D eigenvalue weighted by atomic mass is 10.2. The molecule has 2 rings (SSSR count). The van der Waals surface area contributed by atoms with Crippen LogP contribution in [0, 0.1) is 0 Å². The molecule has 0 amide bonds. The van der Waals surface area contributed by atoms with Gasteiger partial charge >= 0.3 is 0 Å². The van der Waals surface area contributed by atoms with Gasteiger partial charge in [0.15, 0.2) is 11.5 Å². The minimum Gasteiger partial charge on any atom is -0.493 e. The van der Waals surface area contributed by atoms with Crippen molar-refractivity contribution in [1.29, 1.82) is 0 Å². The summed E-state index contributed by atoms with van der Waals surface area (Å²) in [4.78, 5) is 5.44. The molecule has 0 atom stereocenters. The minimum absolute atomic E-state index is 0.520. The van der Waals surface area contributed by atoms with E-state index in [0.717, 1.165) is 33.4 Å². The minimum atomic E-state index is 0.520. The highest BCUT2D eigenvalue weighted by atomic mass is 32.1. The molecule has 5 heteroatoms. The van der Waals surface area contributed by atoms with Crippen molar-refractivity contribution in [2.24, 2.45) is 5.73 Å². The van der Waals surface area contributed by atoms with Crippen LogP contribution in [0.4, 0.5) is 0 Å². The highest BCUT2D eigenvalue weighted by molar-refractivity contribution is 7.15. The molecular formula is C14H18N2O2S. The van der Waals surface area contributed by atoms with Crippen LogP contribution in [0.25, 0.3) is 10.6 Å². The van der Waals surface area contributed by atoms with Crippen molar-refractivity contribution in [2.45, 2.75) is 19.9 Å². The zero-order valence-corrected chi connectivity index (χ0v) is 12.0. The van der Waals surface area contributed by atoms with Gasteiger partial charge in [0.2, 0.25) is 0 Å². The van der Waals surface area contributed by atoms with Gasteiger partial charge in [-0.05, 0) is 24.6 Å². The molecule has 0 saturated heterocycles. The molecule has 2 N–H and O–H groups in total. The number of hydrogen-bond acceptors (Lipinski definition) is 5. The number of hydrogen-bond donors (Lipinski definition) is 1. The fourth-order valence-corrected chi connectivity index (χ4v) is 2.45. The van der Waals surface area contributed by atoms with Crippen LogP contribution in [-0.2, 0) is 6.54 Å². The van der Waals surface area contributed by atoms with Gasteiger partial charge in [-0.15, -0.1) is 11.3 Å². The van der Waals surface area contributed by atoms with Crippen molar-refractivity contribution in [3.8, 4) is 22.1 Å². The number of nitrogens with two attached hydrogens (primary N) is 1. The van der Waals surface area contributed by atoms with Crippen molar-refractivity contribution in [3.05, 3.63) is 29.3 Å². The Morgan fingerprint density at radius 2 is 2.16 bits per heavy atom. The van der Waals surface area contributed by atoms with E-state index in [0.29, 0.717) is 13.2 Å². The Morgan fingerprint density at radius 1 is 1.32 bits per heavy atom. The van der Waals surface area contributed by atoms with Crippen LogP contribution < -0.4 is 15.2 Å². The smallest absolute Gasteiger partial charge is 0.161 e. The normalized spacial score (nSPS) is 10.5. The molecular weight excluding hydrogens is 260 g/mol. The molecule has 0 radical (unpaired) electrons. The molecule has 1 heterocycles. The predicted molar refractivity (Wildman–Crippen MR) is 77.8 cm³/mol. The lowest BCUT2D eigenvalue weighted by Gasteiger charge is -2.10. The molecule has 0 fully saturated rings. The maximum Gasteiger partial charge on any atom is 0.161 e. The second-order valence-corrected chi connectivity index (χ2v) is 5.17. The van der Waals surface area contributed by atoms with Crippen LogP contribution in [0.3, 0.4) is 0 Å². The van der Waals surface area contributed by atoms with E-state index in [9.17, 15) is 0 Å². The second-order valence-electron chi connectivity index (χ2n) is 4.05. The average molecular weight is 278 g/mol. The van der Waals surface area contributed by atoms with E-state index >= 15 is 0 Å². The number of benzene rings is 1. The van der Waals surface area contributed by atoms with Gasteiger partial charge in [0, 0.05) is 23.2 Å². The first kappa shape index (κ1) is 13.8. The number of rotatable bonds is 6. The van der Waals surface area contributed by atoms with Crippen LogP contribution in [0.15, 0.2) is 24.4 Å². The summed E-state index contributed by atoms with van der Waals surface area (Å²) in [7, 11) is 1.64. The van der Waals surface area contributed by atoms with Gasteiger partial charge in [0.05, 0.1) is 13.7 Å². The summed E-state index contributed by atoms with van der Waals surface area (Å²) >= 11 is 1.60. The highest BCUT2D eigenvalue weighted by Crippen LogP contribution is 2.34. The fourth-order valence-electron chi connectivity index (χ4n) is 1.67. The third-order valence-electron chi connectivity index (χ3n) is 2.63. The largest absolute Gasteiger partial charge is 0.493 e. The van der Waals surface area contributed by atoms with E-state index < -0.39 is 0 Å². The summed E-state index contributed by atoms with van der Waals surface area (Å²) in [5.74, 6) is 1.50. The van der Waals surface area contributed by atoms with Gasteiger partial charge < -0.3 is 15.2 Å². The standard InChI is InChI=1S/C14H18N2O2S/c1-3-6-18-12-5-4-10(7-13(12)17-2)14-16-9-11(8-15)19-14/h4-5,7,9H,3,6,8,15H2,1-2H3. The van der Waals surface area contributed by atoms with Crippen LogP contribution in [0.5, 0.6) is 11.5 Å².